The molecule has 0 fully saturated rings. The van der Waals surface area contributed by atoms with Gasteiger partial charge in [0.25, 0.3) is 0 Å². The highest BCUT2D eigenvalue weighted by Crippen LogP contribution is 2.31. The van der Waals surface area contributed by atoms with E-state index < -0.39 is 0 Å². The minimum atomic E-state index is 0.218. The van der Waals surface area contributed by atoms with Crippen LogP contribution in [0.15, 0.2) is 24.4 Å². The summed E-state index contributed by atoms with van der Waals surface area (Å²) in [6.07, 6.45) is 2.02. The molecule has 0 aliphatic rings. The van der Waals surface area contributed by atoms with Crippen LogP contribution < -0.4 is 10.5 Å². The molecular weight excluding hydrogens is 214 g/mol. The van der Waals surface area contributed by atoms with Crippen molar-refractivity contribution in [3.63, 3.8) is 0 Å². The summed E-state index contributed by atoms with van der Waals surface area (Å²) in [5.74, 6) is 0.864. The summed E-state index contributed by atoms with van der Waals surface area (Å²) in [6.45, 7) is 0.594. The number of hydrogen-bond acceptors (Lipinski definition) is 3. The third-order valence-electron chi connectivity index (χ3n) is 3.13. The predicted octanol–water partition coefficient (Wildman–Crippen LogP) is 1.74. The Bertz CT molecular complexity index is 504. The number of aromatic amines is 1. The van der Waals surface area contributed by atoms with Crippen molar-refractivity contribution in [3.8, 4) is 5.75 Å². The zero-order valence-corrected chi connectivity index (χ0v) is 10.5. The van der Waals surface area contributed by atoms with Gasteiger partial charge in [-0.1, -0.05) is 12.1 Å². The van der Waals surface area contributed by atoms with Crippen LogP contribution in [0.3, 0.4) is 0 Å². The Morgan fingerprint density at radius 3 is 2.76 bits per heavy atom. The lowest BCUT2D eigenvalue weighted by Crippen LogP contribution is -2.26. The molecule has 17 heavy (non-hydrogen) atoms. The Kier molecular flexibility index (Phi) is 3.36. The summed E-state index contributed by atoms with van der Waals surface area (Å²) in [6, 6.07) is 6.27. The Hall–Kier alpha value is -1.52. The molecule has 4 nitrogen and oxygen atoms in total. The summed E-state index contributed by atoms with van der Waals surface area (Å²) in [7, 11) is 5.76. The van der Waals surface area contributed by atoms with Gasteiger partial charge in [0.15, 0.2) is 0 Å². The van der Waals surface area contributed by atoms with Crippen molar-refractivity contribution in [2.45, 2.75) is 6.04 Å². The van der Waals surface area contributed by atoms with Gasteiger partial charge in [0.05, 0.1) is 12.6 Å². The van der Waals surface area contributed by atoms with E-state index in [4.69, 9.17) is 10.5 Å². The van der Waals surface area contributed by atoms with Gasteiger partial charge in [0.1, 0.15) is 5.75 Å². The molecule has 92 valence electrons. The van der Waals surface area contributed by atoms with E-state index in [1.165, 1.54) is 10.9 Å². The van der Waals surface area contributed by atoms with E-state index >= 15 is 0 Å². The number of hydrogen-bond donors (Lipinski definition) is 2. The highest BCUT2D eigenvalue weighted by atomic mass is 16.5. The lowest BCUT2D eigenvalue weighted by atomic mass is 10.0. The van der Waals surface area contributed by atoms with Crippen LogP contribution in [0.25, 0.3) is 10.9 Å². The molecule has 2 rings (SSSR count). The molecule has 4 heteroatoms. The second-order valence-electron chi connectivity index (χ2n) is 4.34. The second kappa shape index (κ2) is 4.77. The summed E-state index contributed by atoms with van der Waals surface area (Å²) in [4.78, 5) is 5.40. The van der Waals surface area contributed by atoms with E-state index in [0.717, 1.165) is 11.3 Å². The first-order valence-electron chi connectivity index (χ1n) is 5.69. The fourth-order valence-corrected chi connectivity index (χ4v) is 2.21. The third kappa shape index (κ3) is 2.01. The Morgan fingerprint density at radius 1 is 1.41 bits per heavy atom. The number of rotatable bonds is 4. The van der Waals surface area contributed by atoms with Gasteiger partial charge in [-0.3, -0.25) is 0 Å². The molecule has 2 aromatic rings. The number of nitrogens with two attached hydrogens (primary N) is 1. The lowest BCUT2D eigenvalue weighted by Gasteiger charge is -2.22. The average molecular weight is 233 g/mol. The van der Waals surface area contributed by atoms with Crippen molar-refractivity contribution in [2.24, 2.45) is 5.73 Å². The smallest absolute Gasteiger partial charge is 0.142 e. The number of ether oxygens (including phenoxy) is 1. The van der Waals surface area contributed by atoms with Crippen LogP contribution in [-0.2, 0) is 0 Å². The topological polar surface area (TPSA) is 54.3 Å². The molecule has 0 unspecified atom stereocenters. The van der Waals surface area contributed by atoms with E-state index in [1.54, 1.807) is 7.11 Å². The van der Waals surface area contributed by atoms with Gasteiger partial charge in [0, 0.05) is 24.2 Å². The third-order valence-corrected chi connectivity index (χ3v) is 3.13. The van der Waals surface area contributed by atoms with Crippen molar-refractivity contribution in [2.75, 3.05) is 27.7 Å². The monoisotopic (exact) mass is 233 g/mol. The summed E-state index contributed by atoms with van der Waals surface area (Å²) in [5.41, 5.74) is 8.09. The number of aromatic nitrogens is 1. The molecule has 0 amide bonds. The number of benzene rings is 1. The number of likely N-dealkylation sites (N-methyl/N-ethyl adjacent to an activating group) is 1. The van der Waals surface area contributed by atoms with Crippen LogP contribution in [0.4, 0.5) is 0 Å². The van der Waals surface area contributed by atoms with Crippen LogP contribution in [-0.4, -0.2) is 37.6 Å². The van der Waals surface area contributed by atoms with E-state index in [2.05, 4.69) is 16.0 Å². The maximum absolute atomic E-state index is 5.84. The lowest BCUT2D eigenvalue weighted by molar-refractivity contribution is 0.308. The highest BCUT2D eigenvalue weighted by Gasteiger charge is 2.17. The van der Waals surface area contributed by atoms with Crippen molar-refractivity contribution in [1.82, 2.24) is 9.88 Å². The van der Waals surface area contributed by atoms with E-state index in [-0.39, 0.29) is 6.04 Å². The summed E-state index contributed by atoms with van der Waals surface area (Å²) < 4.78 is 5.34. The predicted molar refractivity (Wildman–Crippen MR) is 70.3 cm³/mol. The van der Waals surface area contributed by atoms with E-state index in [0.29, 0.717) is 6.54 Å². The molecule has 0 saturated carbocycles. The van der Waals surface area contributed by atoms with Crippen molar-refractivity contribution < 1.29 is 4.74 Å². The second-order valence-corrected chi connectivity index (χ2v) is 4.34. The summed E-state index contributed by atoms with van der Waals surface area (Å²) >= 11 is 0. The SMILES string of the molecule is COc1cccc2c([C@H](CN)N(C)C)c[nH]c12. The van der Waals surface area contributed by atoms with Gasteiger partial charge < -0.3 is 20.4 Å². The van der Waals surface area contributed by atoms with Gasteiger partial charge in [-0.25, -0.2) is 0 Å². The first-order valence-corrected chi connectivity index (χ1v) is 5.69. The maximum atomic E-state index is 5.84. The number of nitrogens with one attached hydrogen (secondary N) is 1. The Morgan fingerprint density at radius 2 is 2.18 bits per heavy atom. The zero-order valence-electron chi connectivity index (χ0n) is 10.5. The quantitative estimate of drug-likeness (QED) is 0.845. The molecule has 0 radical (unpaired) electrons. The molecular formula is C13H19N3O. The Balaban J connectivity index is 2.56. The van der Waals surface area contributed by atoms with E-state index in [1.807, 2.05) is 32.4 Å². The molecule has 1 heterocycles. The standard InChI is InChI=1S/C13H19N3O/c1-16(2)11(7-14)10-8-15-13-9(10)5-4-6-12(13)17-3/h4-6,8,11,15H,7,14H2,1-3H3/t11-/m0/s1. The largest absolute Gasteiger partial charge is 0.495 e. The van der Waals surface area contributed by atoms with Gasteiger partial charge >= 0.3 is 0 Å². The fourth-order valence-electron chi connectivity index (χ4n) is 2.21. The molecule has 0 saturated heterocycles. The van der Waals surface area contributed by atoms with Crippen molar-refractivity contribution in [1.29, 1.82) is 0 Å². The number of H-pyrrole nitrogens is 1. The number of para-hydroxylation sites is 1. The normalized spacial score (nSPS) is 13.2. The Labute approximate surface area is 101 Å². The minimum absolute atomic E-state index is 0.218. The molecule has 1 aromatic carbocycles. The minimum Gasteiger partial charge on any atom is -0.495 e. The molecule has 0 bridgehead atoms. The number of nitrogens with zero attached hydrogens (tertiary/aromatic N) is 1. The molecule has 3 N–H and O–H groups in total. The average Bonchev–Trinajstić information content (AvgIpc) is 2.73. The zero-order chi connectivity index (χ0) is 12.4. The van der Waals surface area contributed by atoms with Crippen LogP contribution in [0.1, 0.15) is 11.6 Å². The van der Waals surface area contributed by atoms with Crippen LogP contribution in [0.5, 0.6) is 5.75 Å². The number of methoxy groups -OCH3 is 1. The molecule has 0 spiro atoms. The van der Waals surface area contributed by atoms with Gasteiger partial charge in [-0.15, -0.1) is 0 Å². The van der Waals surface area contributed by atoms with Crippen LogP contribution >= 0.6 is 0 Å². The van der Waals surface area contributed by atoms with Crippen LogP contribution in [0.2, 0.25) is 0 Å². The molecule has 0 aliphatic heterocycles. The highest BCUT2D eigenvalue weighted by molar-refractivity contribution is 5.88. The summed E-state index contributed by atoms with van der Waals surface area (Å²) in [5, 5.41) is 1.17. The molecule has 0 aliphatic carbocycles. The van der Waals surface area contributed by atoms with Gasteiger partial charge in [-0.2, -0.15) is 0 Å². The van der Waals surface area contributed by atoms with E-state index in [9.17, 15) is 0 Å². The van der Waals surface area contributed by atoms with Crippen LogP contribution in [0, 0.1) is 0 Å². The molecule has 1 atom stereocenters. The molecule has 1 aromatic heterocycles. The fraction of sp³-hybridized carbons (Fsp3) is 0.385. The maximum Gasteiger partial charge on any atom is 0.142 e. The first kappa shape index (κ1) is 12.0. The van der Waals surface area contributed by atoms with Crippen molar-refractivity contribution in [3.05, 3.63) is 30.0 Å². The van der Waals surface area contributed by atoms with Gasteiger partial charge in [0.2, 0.25) is 0 Å². The first-order chi connectivity index (χ1) is 8.19. The number of fused-ring (bicyclic) bond motifs is 1. The van der Waals surface area contributed by atoms with Gasteiger partial charge in [-0.05, 0) is 25.7 Å². The van der Waals surface area contributed by atoms with Crippen molar-refractivity contribution >= 4 is 10.9 Å².